The van der Waals surface area contributed by atoms with Gasteiger partial charge >= 0.3 is 12.1 Å². The number of aliphatic hydroxyl groups excluding tert-OH is 2. The van der Waals surface area contributed by atoms with Crippen molar-refractivity contribution in [3.8, 4) is 5.75 Å². The molecule has 2 aliphatic rings. The minimum atomic E-state index is -5.08. The molecule has 8 nitrogen and oxygen atoms in total. The van der Waals surface area contributed by atoms with E-state index < -0.39 is 30.8 Å². The Morgan fingerprint density at radius 1 is 1.24 bits per heavy atom. The molecule has 0 bridgehead atoms. The molecular formula is C22H28ClF3N2O6. The molecule has 0 radical (unpaired) electrons. The monoisotopic (exact) mass is 508 g/mol. The number of likely N-dealkylation sites (tertiary alicyclic amines) is 1. The number of halogens is 4. The zero-order valence-corrected chi connectivity index (χ0v) is 19.0. The zero-order valence-electron chi connectivity index (χ0n) is 18.3. The summed E-state index contributed by atoms with van der Waals surface area (Å²) in [4.78, 5) is 22.4. The molecule has 0 aromatic heterocycles. The van der Waals surface area contributed by atoms with Crippen LogP contribution in [0, 0.1) is 5.92 Å². The standard InChI is InChI=1S/C20H27ClN2O4.C2HF3O2/c21-16-9-15(17(25)10-14(16)12-3-1-2-4-12)19(22)13-5-7-23(8-6-13)20(27)18(26)11-24;3-2(4,5)1(6)7/h3,9-10,13,18-19,24-26H,1-2,4-8,11,22H2;(H,6,7). The first kappa shape index (κ1) is 27.9. The van der Waals surface area contributed by atoms with Gasteiger partial charge in [-0.05, 0) is 61.3 Å². The van der Waals surface area contributed by atoms with Gasteiger partial charge in [-0.25, -0.2) is 4.79 Å². The SMILES string of the molecule is NC(c1cc(Cl)c(C2=CCCC2)cc1O)C1CCN(C(=O)C(O)CO)CC1.O=C(O)C(F)(F)F. The number of carbonyl (C=O) groups is 2. The molecule has 2 unspecified atom stereocenters. The van der Waals surface area contributed by atoms with Gasteiger partial charge in [0.15, 0.2) is 6.10 Å². The van der Waals surface area contributed by atoms with Crippen molar-refractivity contribution in [2.24, 2.45) is 11.7 Å². The number of phenols is 1. The van der Waals surface area contributed by atoms with E-state index in [9.17, 15) is 28.2 Å². The van der Waals surface area contributed by atoms with Crippen LogP contribution < -0.4 is 5.73 Å². The van der Waals surface area contributed by atoms with Gasteiger partial charge in [0, 0.05) is 29.7 Å². The van der Waals surface area contributed by atoms with Gasteiger partial charge in [0.05, 0.1) is 6.61 Å². The minimum absolute atomic E-state index is 0.0961. The number of alkyl halides is 3. The normalized spacial score (nSPS) is 18.6. The fraction of sp³-hybridized carbons (Fsp3) is 0.545. The van der Waals surface area contributed by atoms with Crippen molar-refractivity contribution in [1.82, 2.24) is 4.90 Å². The number of carbonyl (C=O) groups excluding carboxylic acids is 1. The highest BCUT2D eigenvalue weighted by Gasteiger charge is 2.38. The number of aromatic hydroxyl groups is 1. The molecule has 1 aliphatic heterocycles. The summed E-state index contributed by atoms with van der Waals surface area (Å²) in [5, 5.41) is 36.7. The van der Waals surface area contributed by atoms with E-state index in [1.807, 2.05) is 0 Å². The Kier molecular flexibility index (Phi) is 9.74. The number of amides is 1. The van der Waals surface area contributed by atoms with Crippen LogP contribution in [0.5, 0.6) is 5.75 Å². The number of allylic oxidation sites excluding steroid dienone is 2. The Morgan fingerprint density at radius 3 is 2.29 bits per heavy atom. The van der Waals surface area contributed by atoms with Crippen LogP contribution in [-0.4, -0.2) is 69.2 Å². The van der Waals surface area contributed by atoms with Gasteiger partial charge in [-0.1, -0.05) is 17.7 Å². The highest BCUT2D eigenvalue weighted by atomic mass is 35.5. The Bertz CT molecular complexity index is 917. The number of hydrogen-bond donors (Lipinski definition) is 5. The maximum Gasteiger partial charge on any atom is 0.490 e. The van der Waals surface area contributed by atoms with Gasteiger partial charge < -0.3 is 31.1 Å². The first-order chi connectivity index (χ1) is 15.9. The number of hydrogen-bond acceptors (Lipinski definition) is 6. The molecule has 3 rings (SSSR count). The van der Waals surface area contributed by atoms with E-state index in [1.165, 1.54) is 5.57 Å². The number of carboxylic acid groups (broad SMARTS) is 1. The van der Waals surface area contributed by atoms with Crippen molar-refractivity contribution in [2.45, 2.75) is 50.4 Å². The fourth-order valence-corrected chi connectivity index (χ4v) is 4.32. The van der Waals surface area contributed by atoms with Gasteiger partial charge in [0.25, 0.3) is 5.91 Å². The predicted molar refractivity (Wildman–Crippen MR) is 118 cm³/mol. The highest BCUT2D eigenvalue weighted by molar-refractivity contribution is 6.32. The van der Waals surface area contributed by atoms with Crippen LogP contribution in [0.25, 0.3) is 5.57 Å². The Hall–Kier alpha value is -2.34. The third-order valence-corrected chi connectivity index (χ3v) is 6.23. The van der Waals surface area contributed by atoms with Gasteiger partial charge in [0.2, 0.25) is 0 Å². The molecule has 1 amide bonds. The summed E-state index contributed by atoms with van der Waals surface area (Å²) in [5.74, 6) is -2.96. The molecular weight excluding hydrogens is 481 g/mol. The largest absolute Gasteiger partial charge is 0.508 e. The van der Waals surface area contributed by atoms with E-state index >= 15 is 0 Å². The Morgan fingerprint density at radius 2 is 1.82 bits per heavy atom. The zero-order chi connectivity index (χ0) is 25.6. The van der Waals surface area contributed by atoms with Crippen molar-refractivity contribution < 1.29 is 43.2 Å². The molecule has 34 heavy (non-hydrogen) atoms. The van der Waals surface area contributed by atoms with Crippen LogP contribution in [0.1, 0.15) is 49.3 Å². The maximum atomic E-state index is 12.0. The van der Waals surface area contributed by atoms with Crippen LogP contribution in [0.15, 0.2) is 18.2 Å². The molecule has 2 atom stereocenters. The molecule has 6 N–H and O–H groups in total. The van der Waals surface area contributed by atoms with Crippen molar-refractivity contribution in [1.29, 1.82) is 0 Å². The molecule has 1 fully saturated rings. The van der Waals surface area contributed by atoms with Crippen LogP contribution in [0.2, 0.25) is 5.02 Å². The Balaban J connectivity index is 0.000000509. The van der Waals surface area contributed by atoms with E-state index in [-0.39, 0.29) is 17.7 Å². The van der Waals surface area contributed by atoms with Gasteiger partial charge in [0.1, 0.15) is 5.75 Å². The second-order valence-corrected chi connectivity index (χ2v) is 8.61. The van der Waals surface area contributed by atoms with Crippen molar-refractivity contribution >= 4 is 29.1 Å². The highest BCUT2D eigenvalue weighted by Crippen LogP contribution is 2.40. The molecule has 0 spiro atoms. The lowest BCUT2D eigenvalue weighted by molar-refractivity contribution is -0.192. The maximum absolute atomic E-state index is 12.0. The summed E-state index contributed by atoms with van der Waals surface area (Å²) >= 11 is 6.47. The smallest absolute Gasteiger partial charge is 0.490 e. The Labute approximate surface area is 199 Å². The molecule has 1 aliphatic carbocycles. The van der Waals surface area contributed by atoms with Crippen molar-refractivity contribution in [3.63, 3.8) is 0 Å². The first-order valence-corrected chi connectivity index (χ1v) is 11.1. The number of carboxylic acids is 1. The summed E-state index contributed by atoms with van der Waals surface area (Å²) < 4.78 is 31.7. The lowest BCUT2D eigenvalue weighted by Crippen LogP contribution is -2.46. The van der Waals surface area contributed by atoms with E-state index in [0.717, 1.165) is 24.8 Å². The number of aliphatic hydroxyl groups is 2. The first-order valence-electron chi connectivity index (χ1n) is 10.7. The van der Waals surface area contributed by atoms with Crippen molar-refractivity contribution in [2.75, 3.05) is 19.7 Å². The molecule has 190 valence electrons. The number of phenolic OH excluding ortho intramolecular Hbond substituents is 1. The van der Waals surface area contributed by atoms with Gasteiger partial charge in [-0.2, -0.15) is 13.2 Å². The quantitative estimate of drug-likeness (QED) is 0.411. The second-order valence-electron chi connectivity index (χ2n) is 8.20. The lowest BCUT2D eigenvalue weighted by atomic mass is 9.85. The number of nitrogens with two attached hydrogens (primary N) is 1. The number of nitrogens with zero attached hydrogens (tertiary/aromatic N) is 1. The summed E-state index contributed by atoms with van der Waals surface area (Å²) in [6.07, 6.45) is 0.149. The summed E-state index contributed by atoms with van der Waals surface area (Å²) in [7, 11) is 0. The van der Waals surface area contributed by atoms with Crippen LogP contribution in [0.4, 0.5) is 13.2 Å². The van der Waals surface area contributed by atoms with Crippen molar-refractivity contribution in [3.05, 3.63) is 34.4 Å². The van der Waals surface area contributed by atoms with E-state index in [4.69, 9.17) is 32.3 Å². The van der Waals surface area contributed by atoms with Gasteiger partial charge in [-0.15, -0.1) is 0 Å². The van der Waals surface area contributed by atoms with E-state index in [2.05, 4.69) is 6.08 Å². The predicted octanol–water partition coefficient (Wildman–Crippen LogP) is 2.84. The summed E-state index contributed by atoms with van der Waals surface area (Å²) in [6.45, 7) is 0.356. The molecule has 0 saturated carbocycles. The number of benzene rings is 1. The van der Waals surface area contributed by atoms with E-state index in [1.54, 1.807) is 17.0 Å². The third kappa shape index (κ3) is 7.08. The van der Waals surface area contributed by atoms with Crippen LogP contribution >= 0.6 is 11.6 Å². The molecule has 12 heteroatoms. The topological polar surface area (TPSA) is 144 Å². The average Bonchev–Trinajstić information content (AvgIpc) is 3.33. The molecule has 1 aromatic rings. The molecule has 1 heterocycles. The summed E-state index contributed by atoms with van der Waals surface area (Å²) in [5.41, 5.74) is 9.10. The average molecular weight is 509 g/mol. The summed E-state index contributed by atoms with van der Waals surface area (Å²) in [6, 6.07) is 3.10. The third-order valence-electron chi connectivity index (χ3n) is 5.92. The minimum Gasteiger partial charge on any atom is -0.508 e. The molecule has 1 saturated heterocycles. The van der Waals surface area contributed by atoms with Crippen LogP contribution in [0.3, 0.4) is 0 Å². The lowest BCUT2D eigenvalue weighted by Gasteiger charge is -2.35. The molecule has 1 aromatic carbocycles. The number of rotatable bonds is 5. The van der Waals surface area contributed by atoms with E-state index in [0.29, 0.717) is 36.5 Å². The fourth-order valence-electron chi connectivity index (χ4n) is 4.03. The van der Waals surface area contributed by atoms with Crippen LogP contribution in [-0.2, 0) is 9.59 Å². The van der Waals surface area contributed by atoms with Gasteiger partial charge in [-0.3, -0.25) is 4.79 Å². The number of piperidine rings is 1. The number of aliphatic carboxylic acids is 1. The second kappa shape index (κ2) is 11.9.